The van der Waals surface area contributed by atoms with Crippen molar-refractivity contribution in [3.63, 3.8) is 0 Å². The van der Waals surface area contributed by atoms with Crippen LogP contribution in [0.1, 0.15) is 12.8 Å². The summed E-state index contributed by atoms with van der Waals surface area (Å²) in [6.07, 6.45) is 7.38. The molecule has 0 saturated heterocycles. The quantitative estimate of drug-likeness (QED) is 0.468. The first-order valence-corrected chi connectivity index (χ1v) is 5.99. The minimum atomic E-state index is 0.106. The number of nitrogens with one attached hydrogen (secondary N) is 2. The predicted octanol–water partition coefficient (Wildman–Crippen LogP) is 0.221. The van der Waals surface area contributed by atoms with Crippen LogP contribution in [0.15, 0.2) is 0 Å². The molecule has 1 amide bonds. The zero-order valence-corrected chi connectivity index (χ0v) is 9.03. The maximum absolute atomic E-state index is 11.2. The van der Waals surface area contributed by atoms with Crippen LogP contribution in [0.5, 0.6) is 0 Å². The molecule has 4 heteroatoms. The number of thioether (sulfide) groups is 1. The van der Waals surface area contributed by atoms with Crippen molar-refractivity contribution in [2.24, 2.45) is 0 Å². The molecule has 3 nitrogen and oxygen atoms in total. The van der Waals surface area contributed by atoms with Gasteiger partial charge in [-0.1, -0.05) is 5.92 Å². The molecule has 0 bridgehead atoms. The Hall–Kier alpha value is -0.660. The van der Waals surface area contributed by atoms with Crippen molar-refractivity contribution in [1.29, 1.82) is 0 Å². The summed E-state index contributed by atoms with van der Waals surface area (Å²) in [6, 6.07) is 0.458. The SMILES string of the molecule is C#CCSCCNCC(=O)NC1CC1. The van der Waals surface area contributed by atoms with Crippen molar-refractivity contribution in [3.8, 4) is 12.3 Å². The van der Waals surface area contributed by atoms with Gasteiger partial charge in [-0.3, -0.25) is 4.79 Å². The molecule has 0 atom stereocenters. The summed E-state index contributed by atoms with van der Waals surface area (Å²) in [5.41, 5.74) is 0. The molecule has 0 aliphatic heterocycles. The van der Waals surface area contributed by atoms with Crippen LogP contribution in [-0.2, 0) is 4.79 Å². The Labute approximate surface area is 89.4 Å². The second-order valence-electron chi connectivity index (χ2n) is 3.28. The van der Waals surface area contributed by atoms with Gasteiger partial charge in [0.2, 0.25) is 5.91 Å². The lowest BCUT2D eigenvalue weighted by Gasteiger charge is -2.04. The van der Waals surface area contributed by atoms with Crippen LogP contribution in [0.2, 0.25) is 0 Å². The zero-order chi connectivity index (χ0) is 10.2. The molecular formula is C10H16N2OS. The average molecular weight is 212 g/mol. The van der Waals surface area contributed by atoms with Gasteiger partial charge in [0.15, 0.2) is 0 Å². The molecule has 0 aromatic rings. The number of amides is 1. The van der Waals surface area contributed by atoms with E-state index in [2.05, 4.69) is 16.6 Å². The molecule has 14 heavy (non-hydrogen) atoms. The second kappa shape index (κ2) is 6.74. The molecular weight excluding hydrogens is 196 g/mol. The van der Waals surface area contributed by atoms with Gasteiger partial charge < -0.3 is 10.6 Å². The molecule has 78 valence electrons. The van der Waals surface area contributed by atoms with Crippen LogP contribution in [0, 0.1) is 12.3 Å². The zero-order valence-electron chi connectivity index (χ0n) is 8.21. The third-order valence-corrected chi connectivity index (χ3v) is 2.70. The van der Waals surface area contributed by atoms with Crippen LogP contribution >= 0.6 is 11.8 Å². The van der Waals surface area contributed by atoms with E-state index in [-0.39, 0.29) is 5.91 Å². The second-order valence-corrected chi connectivity index (χ2v) is 4.38. The van der Waals surface area contributed by atoms with Crippen LogP contribution in [-0.4, -0.2) is 36.5 Å². The maximum Gasteiger partial charge on any atom is 0.234 e. The van der Waals surface area contributed by atoms with E-state index in [1.807, 2.05) is 0 Å². The van der Waals surface area contributed by atoms with Crippen molar-refractivity contribution in [2.75, 3.05) is 24.6 Å². The summed E-state index contributed by atoms with van der Waals surface area (Å²) < 4.78 is 0. The number of carbonyl (C=O) groups is 1. The van der Waals surface area contributed by atoms with Crippen molar-refractivity contribution >= 4 is 17.7 Å². The first kappa shape index (κ1) is 11.4. The minimum Gasteiger partial charge on any atom is -0.352 e. The highest BCUT2D eigenvalue weighted by molar-refractivity contribution is 7.99. The van der Waals surface area contributed by atoms with E-state index >= 15 is 0 Å². The molecule has 0 aromatic heterocycles. The monoisotopic (exact) mass is 212 g/mol. The highest BCUT2D eigenvalue weighted by Gasteiger charge is 2.22. The van der Waals surface area contributed by atoms with Crippen LogP contribution in [0.25, 0.3) is 0 Å². The number of hydrogen-bond acceptors (Lipinski definition) is 3. The van der Waals surface area contributed by atoms with E-state index in [4.69, 9.17) is 6.42 Å². The fourth-order valence-electron chi connectivity index (χ4n) is 0.984. The van der Waals surface area contributed by atoms with Crippen LogP contribution < -0.4 is 10.6 Å². The number of terminal acetylenes is 1. The largest absolute Gasteiger partial charge is 0.352 e. The van der Waals surface area contributed by atoms with Crippen molar-refractivity contribution in [2.45, 2.75) is 18.9 Å². The van der Waals surface area contributed by atoms with Gasteiger partial charge in [-0.2, -0.15) is 0 Å². The normalized spacial score (nSPS) is 14.8. The molecule has 0 heterocycles. The van der Waals surface area contributed by atoms with Crippen LogP contribution in [0.4, 0.5) is 0 Å². The molecule has 1 rings (SSSR count). The summed E-state index contributed by atoms with van der Waals surface area (Å²) in [5, 5.41) is 5.99. The summed E-state index contributed by atoms with van der Waals surface area (Å²) in [5.74, 6) is 4.37. The molecule has 1 saturated carbocycles. The van der Waals surface area contributed by atoms with Gasteiger partial charge in [0.1, 0.15) is 0 Å². The smallest absolute Gasteiger partial charge is 0.234 e. The minimum absolute atomic E-state index is 0.106. The Kier molecular flexibility index (Phi) is 5.50. The van der Waals surface area contributed by atoms with Crippen molar-refractivity contribution in [1.82, 2.24) is 10.6 Å². The van der Waals surface area contributed by atoms with Gasteiger partial charge >= 0.3 is 0 Å². The lowest BCUT2D eigenvalue weighted by Crippen LogP contribution is -2.35. The summed E-state index contributed by atoms with van der Waals surface area (Å²) in [7, 11) is 0. The Morgan fingerprint density at radius 1 is 1.57 bits per heavy atom. The molecule has 1 fully saturated rings. The maximum atomic E-state index is 11.2. The number of hydrogen-bond donors (Lipinski definition) is 2. The Morgan fingerprint density at radius 3 is 3.00 bits per heavy atom. The Morgan fingerprint density at radius 2 is 2.36 bits per heavy atom. The van der Waals surface area contributed by atoms with E-state index in [9.17, 15) is 4.79 Å². The highest BCUT2D eigenvalue weighted by atomic mass is 32.2. The van der Waals surface area contributed by atoms with E-state index < -0.39 is 0 Å². The lowest BCUT2D eigenvalue weighted by molar-refractivity contribution is -0.120. The summed E-state index contributed by atoms with van der Waals surface area (Å²) >= 11 is 1.70. The van der Waals surface area contributed by atoms with Gasteiger partial charge in [-0.25, -0.2) is 0 Å². The predicted molar refractivity (Wildman–Crippen MR) is 60.2 cm³/mol. The van der Waals surface area contributed by atoms with Gasteiger partial charge in [0.05, 0.1) is 12.3 Å². The molecule has 0 spiro atoms. The van der Waals surface area contributed by atoms with Gasteiger partial charge in [0, 0.05) is 18.3 Å². The third kappa shape index (κ3) is 5.90. The number of carbonyl (C=O) groups excluding carboxylic acids is 1. The van der Waals surface area contributed by atoms with E-state index in [1.54, 1.807) is 11.8 Å². The molecule has 0 aromatic carbocycles. The topological polar surface area (TPSA) is 41.1 Å². The van der Waals surface area contributed by atoms with E-state index in [0.717, 1.165) is 30.9 Å². The molecule has 1 aliphatic carbocycles. The van der Waals surface area contributed by atoms with Crippen molar-refractivity contribution < 1.29 is 4.79 Å². The Bertz CT molecular complexity index is 221. The number of rotatable bonds is 7. The van der Waals surface area contributed by atoms with Crippen molar-refractivity contribution in [3.05, 3.63) is 0 Å². The third-order valence-electron chi connectivity index (χ3n) is 1.84. The fraction of sp³-hybridized carbons (Fsp3) is 0.700. The lowest BCUT2D eigenvalue weighted by atomic mass is 10.5. The van der Waals surface area contributed by atoms with Gasteiger partial charge in [-0.05, 0) is 12.8 Å². The van der Waals surface area contributed by atoms with E-state index in [1.165, 1.54) is 0 Å². The fourth-order valence-corrected chi connectivity index (χ4v) is 1.53. The molecule has 0 unspecified atom stereocenters. The van der Waals surface area contributed by atoms with Crippen LogP contribution in [0.3, 0.4) is 0 Å². The first-order chi connectivity index (χ1) is 6.83. The molecule has 1 aliphatic rings. The molecule has 0 radical (unpaired) electrons. The average Bonchev–Trinajstić information content (AvgIpc) is 2.95. The highest BCUT2D eigenvalue weighted by Crippen LogP contribution is 2.18. The summed E-state index contributed by atoms with van der Waals surface area (Å²) in [4.78, 5) is 11.2. The van der Waals surface area contributed by atoms with Gasteiger partial charge in [-0.15, -0.1) is 18.2 Å². The van der Waals surface area contributed by atoms with Gasteiger partial charge in [0.25, 0.3) is 0 Å². The standard InChI is InChI=1S/C10H16N2OS/c1-2-6-14-7-5-11-8-10(13)12-9-3-4-9/h1,9,11H,3-8H2,(H,12,13). The summed E-state index contributed by atoms with van der Waals surface area (Å²) in [6.45, 7) is 1.26. The molecule has 2 N–H and O–H groups in total. The van der Waals surface area contributed by atoms with E-state index in [0.29, 0.717) is 12.6 Å². The first-order valence-electron chi connectivity index (χ1n) is 4.84. The Balaban J connectivity index is 1.82.